The number of benzene rings is 1. The van der Waals surface area contributed by atoms with Crippen molar-refractivity contribution in [2.24, 2.45) is 0 Å². The molecule has 0 bridgehead atoms. The monoisotopic (exact) mass is 338 g/mol. The third-order valence-electron chi connectivity index (χ3n) is 4.45. The maximum atomic E-state index is 12.6. The van der Waals surface area contributed by atoms with E-state index >= 15 is 0 Å². The number of piperazine rings is 1. The third kappa shape index (κ3) is 2.66. The molecule has 2 fully saturated rings. The maximum absolute atomic E-state index is 12.6. The van der Waals surface area contributed by atoms with E-state index in [1.165, 1.54) is 4.31 Å². The maximum Gasteiger partial charge on any atom is 0.254 e. The third-order valence-corrected chi connectivity index (χ3v) is 6.85. The van der Waals surface area contributed by atoms with Gasteiger partial charge in [0.2, 0.25) is 16.8 Å². The van der Waals surface area contributed by atoms with Crippen molar-refractivity contribution in [1.82, 2.24) is 9.21 Å². The Morgan fingerprint density at radius 1 is 1.04 bits per heavy atom. The van der Waals surface area contributed by atoms with Crippen LogP contribution in [0.3, 0.4) is 0 Å². The van der Waals surface area contributed by atoms with Gasteiger partial charge in [-0.1, -0.05) is 0 Å². The topological polar surface area (TPSA) is 76.2 Å². The van der Waals surface area contributed by atoms with Crippen LogP contribution < -0.4 is 9.47 Å². The molecule has 1 aromatic carbocycles. The minimum absolute atomic E-state index is 0.105. The summed E-state index contributed by atoms with van der Waals surface area (Å²) in [6.45, 7) is 1.74. The molecule has 0 unspecified atom stereocenters. The summed E-state index contributed by atoms with van der Waals surface area (Å²) in [4.78, 5) is 14.3. The van der Waals surface area contributed by atoms with Crippen molar-refractivity contribution in [2.45, 2.75) is 18.1 Å². The Hall–Kier alpha value is -1.80. The summed E-state index contributed by atoms with van der Waals surface area (Å²) in [5.41, 5.74) is 0.535. The van der Waals surface area contributed by atoms with Crippen LogP contribution in [-0.4, -0.2) is 61.8 Å². The molecule has 124 valence electrons. The molecule has 0 aromatic heterocycles. The van der Waals surface area contributed by atoms with E-state index in [-0.39, 0.29) is 18.0 Å². The number of nitrogens with zero attached hydrogens (tertiary/aromatic N) is 2. The van der Waals surface area contributed by atoms with Crippen LogP contribution in [-0.2, 0) is 10.0 Å². The van der Waals surface area contributed by atoms with Crippen LogP contribution >= 0.6 is 0 Å². The lowest BCUT2D eigenvalue weighted by Gasteiger charge is -2.34. The summed E-state index contributed by atoms with van der Waals surface area (Å²) in [5, 5.41) is -0.196. The molecule has 7 nitrogen and oxygen atoms in total. The molecule has 2 aliphatic heterocycles. The zero-order chi connectivity index (χ0) is 16.0. The summed E-state index contributed by atoms with van der Waals surface area (Å²) in [7, 11) is -3.15. The van der Waals surface area contributed by atoms with E-state index in [1.807, 2.05) is 0 Å². The molecule has 1 aliphatic carbocycles. The lowest BCUT2D eigenvalue weighted by Crippen LogP contribution is -2.51. The molecule has 0 atom stereocenters. The van der Waals surface area contributed by atoms with Gasteiger partial charge in [0.1, 0.15) is 0 Å². The normalized spacial score (nSPS) is 21.5. The van der Waals surface area contributed by atoms with Crippen LogP contribution in [0.5, 0.6) is 11.5 Å². The number of amides is 1. The Morgan fingerprint density at radius 3 is 2.43 bits per heavy atom. The lowest BCUT2D eigenvalue weighted by molar-refractivity contribution is 0.0697. The van der Waals surface area contributed by atoms with E-state index in [4.69, 9.17) is 9.47 Å². The van der Waals surface area contributed by atoms with Gasteiger partial charge in [-0.15, -0.1) is 0 Å². The summed E-state index contributed by atoms with van der Waals surface area (Å²) in [5.74, 6) is 1.11. The smallest absolute Gasteiger partial charge is 0.254 e. The largest absolute Gasteiger partial charge is 0.454 e. The second kappa shape index (κ2) is 5.38. The summed E-state index contributed by atoms with van der Waals surface area (Å²) in [6, 6.07) is 5.12. The number of fused-ring (bicyclic) bond motifs is 1. The van der Waals surface area contributed by atoms with Crippen molar-refractivity contribution in [1.29, 1.82) is 0 Å². The molecule has 1 aromatic rings. The Kier molecular flexibility index (Phi) is 3.46. The zero-order valence-electron chi connectivity index (χ0n) is 12.6. The summed E-state index contributed by atoms with van der Waals surface area (Å²) in [6.07, 6.45) is 1.53. The second-order valence-corrected chi connectivity index (χ2v) is 8.22. The summed E-state index contributed by atoms with van der Waals surface area (Å²) >= 11 is 0. The van der Waals surface area contributed by atoms with Gasteiger partial charge < -0.3 is 14.4 Å². The van der Waals surface area contributed by atoms with Crippen molar-refractivity contribution < 1.29 is 22.7 Å². The molecule has 4 rings (SSSR count). The van der Waals surface area contributed by atoms with Crippen molar-refractivity contribution >= 4 is 15.9 Å². The summed E-state index contributed by atoms with van der Waals surface area (Å²) < 4.78 is 36.5. The van der Waals surface area contributed by atoms with Crippen molar-refractivity contribution in [3.63, 3.8) is 0 Å². The Bertz CT molecular complexity index is 736. The van der Waals surface area contributed by atoms with Crippen molar-refractivity contribution in [3.05, 3.63) is 23.8 Å². The van der Waals surface area contributed by atoms with Crippen LogP contribution in [0.4, 0.5) is 0 Å². The van der Waals surface area contributed by atoms with Gasteiger partial charge in [-0.2, -0.15) is 4.31 Å². The van der Waals surface area contributed by atoms with Gasteiger partial charge in [0.15, 0.2) is 11.5 Å². The standard InChI is InChI=1S/C15H18N2O5S/c18-15(11-1-4-13-14(9-11)22-10-21-13)16-5-7-17(8-6-16)23(19,20)12-2-3-12/h1,4,9,12H,2-3,5-8,10H2. The van der Waals surface area contributed by atoms with E-state index in [0.29, 0.717) is 43.2 Å². The van der Waals surface area contributed by atoms with Gasteiger partial charge in [0.25, 0.3) is 5.91 Å². The second-order valence-electron chi connectivity index (χ2n) is 6.00. The van der Waals surface area contributed by atoms with Gasteiger partial charge in [-0.05, 0) is 31.0 Å². The molecule has 23 heavy (non-hydrogen) atoms. The Morgan fingerprint density at radius 2 is 1.74 bits per heavy atom. The molecule has 1 saturated carbocycles. The fourth-order valence-electron chi connectivity index (χ4n) is 2.93. The number of hydrogen-bond acceptors (Lipinski definition) is 5. The lowest BCUT2D eigenvalue weighted by atomic mass is 10.1. The fraction of sp³-hybridized carbons (Fsp3) is 0.533. The van der Waals surface area contributed by atoms with Crippen LogP contribution in [0.1, 0.15) is 23.2 Å². The highest BCUT2D eigenvalue weighted by atomic mass is 32.2. The highest BCUT2D eigenvalue weighted by Gasteiger charge is 2.41. The SMILES string of the molecule is O=C(c1ccc2c(c1)OCO2)N1CCN(S(=O)(=O)C2CC2)CC1. The first-order valence-electron chi connectivity index (χ1n) is 7.73. The minimum Gasteiger partial charge on any atom is -0.454 e. The molecule has 2 heterocycles. The number of ether oxygens (including phenoxy) is 2. The molecule has 1 amide bonds. The van der Waals surface area contributed by atoms with E-state index in [9.17, 15) is 13.2 Å². The molecule has 0 spiro atoms. The molecule has 0 N–H and O–H groups in total. The molecule has 8 heteroatoms. The van der Waals surface area contributed by atoms with E-state index in [1.54, 1.807) is 23.1 Å². The fourth-order valence-corrected chi connectivity index (χ4v) is 4.76. The first-order valence-corrected chi connectivity index (χ1v) is 9.24. The molecular weight excluding hydrogens is 320 g/mol. The van der Waals surface area contributed by atoms with Crippen LogP contribution in [0.2, 0.25) is 0 Å². The van der Waals surface area contributed by atoms with Gasteiger partial charge in [-0.25, -0.2) is 8.42 Å². The minimum atomic E-state index is -3.15. The predicted octanol–water partition coefficient (Wildman–Crippen LogP) is 0.665. The molecule has 0 radical (unpaired) electrons. The quantitative estimate of drug-likeness (QED) is 0.809. The van der Waals surface area contributed by atoms with E-state index in [2.05, 4.69) is 0 Å². The Balaban J connectivity index is 1.43. The first-order chi connectivity index (χ1) is 11.1. The molecule has 3 aliphatic rings. The number of rotatable bonds is 3. The van der Waals surface area contributed by atoms with Crippen molar-refractivity contribution in [2.75, 3.05) is 33.0 Å². The number of carbonyl (C=O) groups excluding carboxylic acids is 1. The Labute approximate surface area is 134 Å². The first kappa shape index (κ1) is 14.8. The predicted molar refractivity (Wildman–Crippen MR) is 82.0 cm³/mol. The van der Waals surface area contributed by atoms with Gasteiger partial charge >= 0.3 is 0 Å². The number of hydrogen-bond donors (Lipinski definition) is 0. The number of sulfonamides is 1. The van der Waals surface area contributed by atoms with Gasteiger partial charge in [0, 0.05) is 31.7 Å². The highest BCUT2D eigenvalue weighted by Crippen LogP contribution is 2.33. The van der Waals surface area contributed by atoms with E-state index in [0.717, 1.165) is 12.8 Å². The number of carbonyl (C=O) groups is 1. The van der Waals surface area contributed by atoms with E-state index < -0.39 is 10.0 Å². The molecule has 1 saturated heterocycles. The van der Waals surface area contributed by atoms with Crippen LogP contribution in [0.15, 0.2) is 18.2 Å². The zero-order valence-corrected chi connectivity index (χ0v) is 13.4. The van der Waals surface area contributed by atoms with Gasteiger partial charge in [-0.3, -0.25) is 4.79 Å². The molecular formula is C15H18N2O5S. The van der Waals surface area contributed by atoms with Crippen molar-refractivity contribution in [3.8, 4) is 11.5 Å². The highest BCUT2D eigenvalue weighted by molar-refractivity contribution is 7.90. The van der Waals surface area contributed by atoms with Crippen LogP contribution in [0.25, 0.3) is 0 Å². The van der Waals surface area contributed by atoms with Gasteiger partial charge in [0.05, 0.1) is 5.25 Å². The van der Waals surface area contributed by atoms with Crippen LogP contribution in [0, 0.1) is 0 Å². The average Bonchev–Trinajstić information content (AvgIpc) is 3.33. The average molecular weight is 338 g/mol.